The third-order valence-corrected chi connectivity index (χ3v) is 7.57. The zero-order valence-corrected chi connectivity index (χ0v) is 22.7. The number of nitrogens with zero attached hydrogens (tertiary/aromatic N) is 6. The van der Waals surface area contributed by atoms with Crippen LogP contribution in [0.15, 0.2) is 131 Å². The molecule has 0 aliphatic carbocycles. The molecule has 196 valence electrons. The Kier molecular flexibility index (Phi) is 9.50. The minimum absolute atomic E-state index is 0. The van der Waals surface area contributed by atoms with Crippen LogP contribution in [0.3, 0.4) is 0 Å². The molecule has 0 unspecified atom stereocenters. The van der Waals surface area contributed by atoms with Gasteiger partial charge in [-0.3, -0.25) is 9.98 Å². The Labute approximate surface area is 236 Å². The minimum Gasteiger partial charge on any atom is -0.260 e. The fourth-order valence-electron chi connectivity index (χ4n) is 3.76. The van der Waals surface area contributed by atoms with Crippen molar-refractivity contribution in [3.63, 3.8) is 0 Å². The smallest absolute Gasteiger partial charge is 0.222 e. The van der Waals surface area contributed by atoms with Crippen molar-refractivity contribution < 1.29 is 0 Å². The summed E-state index contributed by atoms with van der Waals surface area (Å²) in [6.45, 7) is 0. The van der Waals surface area contributed by atoms with E-state index < -0.39 is 0 Å². The lowest BCUT2D eigenvalue weighted by molar-refractivity contribution is 1.12. The van der Waals surface area contributed by atoms with Gasteiger partial charge in [0.25, 0.3) is 0 Å². The Morgan fingerprint density at radius 1 is 0.487 bits per heavy atom. The highest BCUT2D eigenvalue weighted by Gasteiger charge is 2.11. The van der Waals surface area contributed by atoms with Crippen LogP contribution in [0.25, 0.3) is 34.2 Å². The fourth-order valence-corrected chi connectivity index (χ4v) is 5.42. The molecule has 0 bridgehead atoms. The second-order valence-corrected chi connectivity index (χ2v) is 9.88. The first-order valence-electron chi connectivity index (χ1n) is 12.0. The van der Waals surface area contributed by atoms with E-state index in [9.17, 15) is 0 Å². The van der Waals surface area contributed by atoms with Crippen molar-refractivity contribution in [1.82, 2.24) is 17.9 Å². The van der Waals surface area contributed by atoms with Gasteiger partial charge in [0.15, 0.2) is 11.6 Å². The second-order valence-electron chi connectivity index (χ2n) is 8.06. The molecule has 0 amide bonds. The number of benzene rings is 4. The van der Waals surface area contributed by atoms with E-state index in [2.05, 4.69) is 76.4 Å². The van der Waals surface area contributed by atoms with E-state index in [0.717, 1.165) is 43.8 Å². The molecule has 39 heavy (non-hydrogen) atoms. The second kappa shape index (κ2) is 13.4. The first-order valence-corrected chi connectivity index (χ1v) is 13.6. The van der Waals surface area contributed by atoms with Crippen molar-refractivity contribution >= 4 is 23.1 Å². The van der Waals surface area contributed by atoms with Gasteiger partial charge < -0.3 is 0 Å². The summed E-state index contributed by atoms with van der Waals surface area (Å²) in [5.74, 6) is 1.86. The van der Waals surface area contributed by atoms with Gasteiger partial charge in [-0.2, -0.15) is 9.97 Å². The number of rotatable bonds is 4. The first-order chi connectivity index (χ1) is 18.8. The van der Waals surface area contributed by atoms with Gasteiger partial charge in [0.1, 0.15) is 0 Å². The predicted octanol–water partition coefficient (Wildman–Crippen LogP) is 6.90. The summed E-state index contributed by atoms with van der Waals surface area (Å²) in [7, 11) is 3.53. The van der Waals surface area contributed by atoms with Crippen molar-refractivity contribution in [2.45, 2.75) is 7.43 Å². The molecule has 6 nitrogen and oxygen atoms in total. The molecule has 6 aromatic rings. The molecule has 0 saturated heterocycles. The van der Waals surface area contributed by atoms with Crippen LogP contribution in [0.1, 0.15) is 7.43 Å². The van der Waals surface area contributed by atoms with Crippen LogP contribution in [0.4, 0.5) is 0 Å². The monoisotopic (exact) mass is 550 g/mol. The Morgan fingerprint density at radius 3 is 1.10 bits per heavy atom. The van der Waals surface area contributed by atoms with Gasteiger partial charge in [-0.1, -0.05) is 104 Å². The first kappa shape index (κ1) is 27.6. The van der Waals surface area contributed by atoms with Crippen molar-refractivity contribution in [1.29, 1.82) is 0 Å². The summed E-state index contributed by atoms with van der Waals surface area (Å²) in [5.41, 5.74) is 4.40. The SMILES string of the molecule is C.CN=c1nc(-c2ccccc2)n(-c2ccccc2)s1.CN=c1nc(-c2ccccc2)n(-c2ccccc2)s1. The maximum absolute atomic E-state index is 4.59. The number of aromatic nitrogens is 4. The predicted molar refractivity (Wildman–Crippen MR) is 163 cm³/mol. The van der Waals surface area contributed by atoms with E-state index in [1.165, 1.54) is 0 Å². The zero-order valence-electron chi connectivity index (χ0n) is 21.0. The number of para-hydroxylation sites is 2. The lowest BCUT2D eigenvalue weighted by Gasteiger charge is -2.05. The van der Waals surface area contributed by atoms with Crippen molar-refractivity contribution in [2.24, 2.45) is 9.98 Å². The normalized spacial score (nSPS) is 11.4. The maximum Gasteiger partial charge on any atom is 0.222 e. The molecular formula is C31H30N6S2. The topological polar surface area (TPSA) is 60.4 Å². The van der Waals surface area contributed by atoms with E-state index in [1.807, 2.05) is 72.8 Å². The van der Waals surface area contributed by atoms with Crippen molar-refractivity contribution in [3.05, 3.63) is 131 Å². The minimum atomic E-state index is 0. The van der Waals surface area contributed by atoms with Gasteiger partial charge in [0.2, 0.25) is 9.60 Å². The van der Waals surface area contributed by atoms with E-state index in [1.54, 1.807) is 37.2 Å². The van der Waals surface area contributed by atoms with Crippen LogP contribution in [-0.2, 0) is 0 Å². The van der Waals surface area contributed by atoms with Crippen LogP contribution in [0.2, 0.25) is 0 Å². The summed E-state index contributed by atoms with van der Waals surface area (Å²) < 4.78 is 4.22. The average molecular weight is 551 g/mol. The Balaban J connectivity index is 0.000000176. The summed E-state index contributed by atoms with van der Waals surface area (Å²) in [5, 5.41) is 0. The summed E-state index contributed by atoms with van der Waals surface area (Å²) >= 11 is 3.09. The van der Waals surface area contributed by atoms with Crippen LogP contribution >= 0.6 is 23.1 Å². The highest BCUT2D eigenvalue weighted by molar-refractivity contribution is 7.04. The van der Waals surface area contributed by atoms with E-state index in [4.69, 9.17) is 0 Å². The van der Waals surface area contributed by atoms with Crippen LogP contribution < -0.4 is 9.60 Å². The molecule has 0 radical (unpaired) electrons. The quantitative estimate of drug-likeness (QED) is 0.240. The van der Waals surface area contributed by atoms with Gasteiger partial charge in [-0.25, -0.2) is 7.91 Å². The molecule has 0 aliphatic heterocycles. The van der Waals surface area contributed by atoms with Crippen LogP contribution in [-0.4, -0.2) is 32.0 Å². The van der Waals surface area contributed by atoms with Crippen LogP contribution in [0, 0.1) is 0 Å². The van der Waals surface area contributed by atoms with E-state index in [0.29, 0.717) is 0 Å². The third-order valence-electron chi connectivity index (χ3n) is 5.56. The molecular weight excluding hydrogens is 521 g/mol. The summed E-state index contributed by atoms with van der Waals surface area (Å²) in [4.78, 5) is 19.1. The van der Waals surface area contributed by atoms with Gasteiger partial charge in [-0.05, 0) is 47.3 Å². The molecule has 0 N–H and O–H groups in total. The largest absolute Gasteiger partial charge is 0.260 e. The molecule has 2 heterocycles. The molecule has 6 rings (SSSR count). The average Bonchev–Trinajstić information content (AvgIpc) is 3.65. The van der Waals surface area contributed by atoms with Crippen LogP contribution in [0.5, 0.6) is 0 Å². The number of hydrogen-bond donors (Lipinski definition) is 0. The van der Waals surface area contributed by atoms with Gasteiger partial charge in [-0.15, -0.1) is 0 Å². The highest BCUT2D eigenvalue weighted by atomic mass is 32.1. The molecule has 0 fully saturated rings. The lowest BCUT2D eigenvalue weighted by atomic mass is 10.2. The van der Waals surface area contributed by atoms with Crippen molar-refractivity contribution in [3.8, 4) is 34.2 Å². The fraction of sp³-hybridized carbons (Fsp3) is 0.0968. The molecule has 0 aliphatic rings. The Morgan fingerprint density at radius 2 is 0.795 bits per heavy atom. The maximum atomic E-state index is 4.59. The molecule has 0 saturated carbocycles. The summed E-state index contributed by atoms with van der Waals surface area (Å²) in [6.07, 6.45) is 0. The third kappa shape index (κ3) is 6.54. The standard InChI is InChI=1S/2C15H13N3S.CH4/c2*1-16-15-17-14(12-8-4-2-5-9-12)18(19-15)13-10-6-3-7-11-13;/h2*2-11H,1H3;1H4. The number of hydrogen-bond acceptors (Lipinski definition) is 6. The molecule has 8 heteroatoms. The molecule has 4 aromatic carbocycles. The Bertz CT molecular complexity index is 1470. The Hall–Kier alpha value is -4.40. The zero-order chi connectivity index (χ0) is 26.2. The van der Waals surface area contributed by atoms with E-state index in [-0.39, 0.29) is 7.43 Å². The van der Waals surface area contributed by atoms with Gasteiger partial charge in [0.05, 0.1) is 11.4 Å². The van der Waals surface area contributed by atoms with E-state index >= 15 is 0 Å². The van der Waals surface area contributed by atoms with Gasteiger partial charge >= 0.3 is 0 Å². The summed E-state index contributed by atoms with van der Waals surface area (Å²) in [6, 6.07) is 40.8. The highest BCUT2D eigenvalue weighted by Crippen LogP contribution is 2.23. The van der Waals surface area contributed by atoms with Gasteiger partial charge in [0, 0.05) is 25.2 Å². The molecule has 0 atom stereocenters. The lowest BCUT2D eigenvalue weighted by Crippen LogP contribution is -1.96. The molecule has 0 spiro atoms. The van der Waals surface area contributed by atoms with Crippen molar-refractivity contribution in [2.75, 3.05) is 14.1 Å². The molecule has 2 aromatic heterocycles.